The number of rotatable bonds is 10. The molecule has 0 saturated carbocycles. The number of methoxy groups -OCH3 is 2. The van der Waals surface area contributed by atoms with Crippen LogP contribution in [0.1, 0.15) is 25.8 Å². The van der Waals surface area contributed by atoms with Crippen molar-refractivity contribution in [3.63, 3.8) is 0 Å². The molecule has 0 atom stereocenters. The summed E-state index contributed by atoms with van der Waals surface area (Å²) in [5.41, 5.74) is 1.60. The van der Waals surface area contributed by atoms with Gasteiger partial charge in [0.15, 0.2) is 11.5 Å². The van der Waals surface area contributed by atoms with E-state index in [1.807, 2.05) is 32.0 Å². The van der Waals surface area contributed by atoms with Crippen LogP contribution in [-0.4, -0.2) is 33.3 Å². The summed E-state index contributed by atoms with van der Waals surface area (Å²) in [6.07, 6.45) is 0.921. The number of aryl methyl sites for hydroxylation is 1. The van der Waals surface area contributed by atoms with E-state index in [0.29, 0.717) is 54.7 Å². The fraction of sp³-hybridized carbons (Fsp3) is 0.381. The molecule has 0 radical (unpaired) electrons. The molecule has 0 aliphatic heterocycles. The highest BCUT2D eigenvalue weighted by atomic mass is 16.5. The largest absolute Gasteiger partial charge is 0.497 e. The maximum atomic E-state index is 12.4. The summed E-state index contributed by atoms with van der Waals surface area (Å²) >= 11 is 0. The minimum atomic E-state index is -0.103. The molecule has 0 aliphatic carbocycles. The van der Waals surface area contributed by atoms with E-state index in [1.54, 1.807) is 32.4 Å². The monoisotopic (exact) mass is 373 g/mol. The topological polar surface area (TPSA) is 66.0 Å². The third-order valence-corrected chi connectivity index (χ3v) is 3.93. The van der Waals surface area contributed by atoms with Gasteiger partial charge in [-0.15, -0.1) is 0 Å². The SMILES string of the molecule is CCOc1ccc(CCC(=O)Nc2cc(OC)ccc2OC)cc1OCC. The predicted molar refractivity (Wildman–Crippen MR) is 105 cm³/mol. The van der Waals surface area contributed by atoms with Crippen molar-refractivity contribution < 1.29 is 23.7 Å². The minimum absolute atomic E-state index is 0.103. The molecule has 6 heteroatoms. The standard InChI is InChI=1S/C21H27NO5/c1-5-26-19-10-7-15(13-20(19)27-6-2)8-12-21(23)22-17-14-16(24-3)9-11-18(17)25-4/h7,9-11,13-14H,5-6,8,12H2,1-4H3,(H,22,23). The summed E-state index contributed by atoms with van der Waals surface area (Å²) in [7, 11) is 3.14. The summed E-state index contributed by atoms with van der Waals surface area (Å²) in [6, 6.07) is 11.0. The van der Waals surface area contributed by atoms with Crippen molar-refractivity contribution >= 4 is 11.6 Å². The number of anilines is 1. The zero-order valence-electron chi connectivity index (χ0n) is 16.3. The van der Waals surface area contributed by atoms with Gasteiger partial charge in [0.2, 0.25) is 5.91 Å². The lowest BCUT2D eigenvalue weighted by atomic mass is 10.1. The van der Waals surface area contributed by atoms with E-state index in [4.69, 9.17) is 18.9 Å². The van der Waals surface area contributed by atoms with Crippen LogP contribution >= 0.6 is 0 Å². The predicted octanol–water partition coefficient (Wildman–Crippen LogP) is 4.07. The zero-order valence-corrected chi connectivity index (χ0v) is 16.3. The van der Waals surface area contributed by atoms with Gasteiger partial charge < -0.3 is 24.3 Å². The normalized spacial score (nSPS) is 10.2. The van der Waals surface area contributed by atoms with Crippen LogP contribution in [0.25, 0.3) is 0 Å². The average molecular weight is 373 g/mol. The van der Waals surface area contributed by atoms with Gasteiger partial charge in [-0.1, -0.05) is 6.07 Å². The molecule has 0 bridgehead atoms. The van der Waals surface area contributed by atoms with Gasteiger partial charge in [-0.2, -0.15) is 0 Å². The molecule has 6 nitrogen and oxygen atoms in total. The summed E-state index contributed by atoms with van der Waals surface area (Å²) in [5.74, 6) is 2.55. The molecular weight excluding hydrogens is 346 g/mol. The molecule has 2 aromatic rings. The first-order valence-corrected chi connectivity index (χ1v) is 9.01. The van der Waals surface area contributed by atoms with Crippen molar-refractivity contribution in [2.45, 2.75) is 26.7 Å². The van der Waals surface area contributed by atoms with Gasteiger partial charge in [0.25, 0.3) is 0 Å². The Bertz CT molecular complexity index is 760. The maximum absolute atomic E-state index is 12.4. The smallest absolute Gasteiger partial charge is 0.224 e. The van der Waals surface area contributed by atoms with E-state index in [0.717, 1.165) is 5.56 Å². The first-order chi connectivity index (χ1) is 13.1. The number of hydrogen-bond acceptors (Lipinski definition) is 5. The minimum Gasteiger partial charge on any atom is -0.497 e. The Balaban J connectivity index is 2.02. The lowest BCUT2D eigenvalue weighted by molar-refractivity contribution is -0.116. The van der Waals surface area contributed by atoms with Crippen LogP contribution in [0.3, 0.4) is 0 Å². The van der Waals surface area contributed by atoms with Crippen molar-refractivity contribution in [3.8, 4) is 23.0 Å². The van der Waals surface area contributed by atoms with Crippen LogP contribution in [0.15, 0.2) is 36.4 Å². The van der Waals surface area contributed by atoms with E-state index < -0.39 is 0 Å². The van der Waals surface area contributed by atoms with Gasteiger partial charge >= 0.3 is 0 Å². The Labute approximate surface area is 160 Å². The van der Waals surface area contributed by atoms with Crippen LogP contribution in [0, 0.1) is 0 Å². The number of amides is 1. The molecule has 0 aliphatic rings. The Morgan fingerprint density at radius 1 is 0.889 bits per heavy atom. The van der Waals surface area contributed by atoms with Crippen LogP contribution < -0.4 is 24.3 Å². The molecular formula is C21H27NO5. The molecule has 27 heavy (non-hydrogen) atoms. The number of ether oxygens (including phenoxy) is 4. The van der Waals surface area contributed by atoms with Gasteiger partial charge in [0.1, 0.15) is 11.5 Å². The number of carbonyl (C=O) groups excluding carboxylic acids is 1. The lowest BCUT2D eigenvalue weighted by Gasteiger charge is -2.13. The maximum Gasteiger partial charge on any atom is 0.224 e. The Morgan fingerprint density at radius 2 is 1.59 bits per heavy atom. The first kappa shape index (κ1) is 20.4. The second-order valence-corrected chi connectivity index (χ2v) is 5.76. The van der Waals surface area contributed by atoms with Gasteiger partial charge in [-0.25, -0.2) is 0 Å². The average Bonchev–Trinajstić information content (AvgIpc) is 2.68. The Kier molecular flexibility index (Phi) is 7.79. The van der Waals surface area contributed by atoms with Crippen LogP contribution in [0.2, 0.25) is 0 Å². The van der Waals surface area contributed by atoms with Crippen molar-refractivity contribution in [2.75, 3.05) is 32.8 Å². The van der Waals surface area contributed by atoms with E-state index in [9.17, 15) is 4.79 Å². The highest BCUT2D eigenvalue weighted by Gasteiger charge is 2.11. The second-order valence-electron chi connectivity index (χ2n) is 5.76. The Morgan fingerprint density at radius 3 is 2.26 bits per heavy atom. The summed E-state index contributed by atoms with van der Waals surface area (Å²) in [4.78, 5) is 12.4. The van der Waals surface area contributed by atoms with E-state index >= 15 is 0 Å². The summed E-state index contributed by atoms with van der Waals surface area (Å²) < 4.78 is 21.7. The molecule has 0 aromatic heterocycles. The summed E-state index contributed by atoms with van der Waals surface area (Å²) in [6.45, 7) is 4.99. The molecule has 2 rings (SSSR count). The number of benzene rings is 2. The number of hydrogen-bond donors (Lipinski definition) is 1. The van der Waals surface area contributed by atoms with Gasteiger partial charge in [-0.05, 0) is 50.1 Å². The highest BCUT2D eigenvalue weighted by molar-refractivity contribution is 5.92. The number of nitrogens with one attached hydrogen (secondary N) is 1. The lowest BCUT2D eigenvalue weighted by Crippen LogP contribution is -2.13. The highest BCUT2D eigenvalue weighted by Crippen LogP contribution is 2.30. The molecule has 0 heterocycles. The van der Waals surface area contributed by atoms with Crippen molar-refractivity contribution in [3.05, 3.63) is 42.0 Å². The van der Waals surface area contributed by atoms with Crippen LogP contribution in [-0.2, 0) is 11.2 Å². The molecule has 1 N–H and O–H groups in total. The van der Waals surface area contributed by atoms with Gasteiger partial charge in [0.05, 0.1) is 33.1 Å². The fourth-order valence-electron chi connectivity index (χ4n) is 2.63. The third-order valence-electron chi connectivity index (χ3n) is 3.93. The molecule has 0 unspecified atom stereocenters. The fourth-order valence-corrected chi connectivity index (χ4v) is 2.63. The molecule has 146 valence electrons. The molecule has 2 aromatic carbocycles. The molecule has 0 saturated heterocycles. The van der Waals surface area contributed by atoms with Crippen molar-refractivity contribution in [1.29, 1.82) is 0 Å². The second kappa shape index (κ2) is 10.3. The van der Waals surface area contributed by atoms with Crippen LogP contribution in [0.4, 0.5) is 5.69 Å². The van der Waals surface area contributed by atoms with E-state index in [1.165, 1.54) is 0 Å². The summed E-state index contributed by atoms with van der Waals surface area (Å²) in [5, 5.41) is 2.88. The van der Waals surface area contributed by atoms with Gasteiger partial charge in [0, 0.05) is 12.5 Å². The molecule has 1 amide bonds. The van der Waals surface area contributed by atoms with Crippen LogP contribution in [0.5, 0.6) is 23.0 Å². The third kappa shape index (κ3) is 5.81. The van der Waals surface area contributed by atoms with E-state index in [-0.39, 0.29) is 5.91 Å². The zero-order chi connectivity index (χ0) is 19.6. The van der Waals surface area contributed by atoms with Gasteiger partial charge in [-0.3, -0.25) is 4.79 Å². The quantitative estimate of drug-likeness (QED) is 0.680. The molecule has 0 fully saturated rings. The Hall–Kier alpha value is -2.89. The van der Waals surface area contributed by atoms with Crippen molar-refractivity contribution in [2.24, 2.45) is 0 Å². The van der Waals surface area contributed by atoms with E-state index in [2.05, 4.69) is 5.32 Å². The first-order valence-electron chi connectivity index (χ1n) is 9.01. The number of carbonyl (C=O) groups is 1. The van der Waals surface area contributed by atoms with Crippen molar-refractivity contribution in [1.82, 2.24) is 0 Å². The molecule has 0 spiro atoms.